The fourth-order valence-electron chi connectivity index (χ4n) is 1.70. The second-order valence-electron chi connectivity index (χ2n) is 4.16. The third-order valence-corrected chi connectivity index (χ3v) is 2.68. The molecule has 0 saturated carbocycles. The van der Waals surface area contributed by atoms with Crippen LogP contribution in [0.3, 0.4) is 0 Å². The number of anilines is 1. The number of benzene rings is 1. The lowest BCUT2D eigenvalue weighted by Crippen LogP contribution is -2.18. The number of nitrogens with one attached hydrogen (secondary N) is 2. The first-order valence-electron chi connectivity index (χ1n) is 5.90. The summed E-state index contributed by atoms with van der Waals surface area (Å²) in [5.41, 5.74) is 2.44. The Morgan fingerprint density at radius 3 is 2.63 bits per heavy atom. The van der Waals surface area contributed by atoms with Gasteiger partial charge in [0.1, 0.15) is 0 Å². The molecule has 0 amide bonds. The zero-order valence-electron chi connectivity index (χ0n) is 10.5. The van der Waals surface area contributed by atoms with Crippen LogP contribution in [-0.4, -0.2) is 10.8 Å². The first kappa shape index (κ1) is 12.8. The van der Waals surface area contributed by atoms with E-state index in [1.165, 1.54) is 0 Å². The second-order valence-corrected chi connectivity index (χ2v) is 4.16. The van der Waals surface area contributed by atoms with E-state index in [0.29, 0.717) is 12.2 Å². The highest BCUT2D eigenvalue weighted by Gasteiger charge is 1.98. The minimum atomic E-state index is -0.0121. The Hall–Kier alpha value is -2.62. The Labute approximate surface area is 111 Å². The van der Waals surface area contributed by atoms with Crippen molar-refractivity contribution in [3.05, 3.63) is 76.9 Å². The van der Waals surface area contributed by atoms with Gasteiger partial charge in [-0.05, 0) is 23.8 Å². The average molecular weight is 253 g/mol. The molecule has 1 aromatic carbocycles. The average Bonchev–Trinajstić information content (AvgIpc) is 2.43. The van der Waals surface area contributed by atoms with Crippen molar-refractivity contribution in [2.75, 3.05) is 5.32 Å². The zero-order valence-corrected chi connectivity index (χ0v) is 10.5. The van der Waals surface area contributed by atoms with Crippen molar-refractivity contribution in [1.29, 1.82) is 5.41 Å². The molecule has 2 rings (SSSR count). The van der Waals surface area contributed by atoms with Crippen LogP contribution in [0.2, 0.25) is 0 Å². The minimum absolute atomic E-state index is 0.0121. The normalized spacial score (nSPS) is 9.89. The molecule has 1 heterocycles. The summed E-state index contributed by atoms with van der Waals surface area (Å²) in [7, 11) is 0. The Bertz CT molecular complexity index is 641. The summed E-state index contributed by atoms with van der Waals surface area (Å²) in [4.78, 5) is 11.6. The van der Waals surface area contributed by atoms with Crippen molar-refractivity contribution < 1.29 is 0 Å². The van der Waals surface area contributed by atoms with Gasteiger partial charge in [-0.1, -0.05) is 24.8 Å². The molecule has 0 atom stereocenters. The number of nitrogens with zero attached hydrogens (tertiary/aromatic N) is 1. The maximum Gasteiger partial charge on any atom is 0.250 e. The summed E-state index contributed by atoms with van der Waals surface area (Å²) in [6.07, 6.45) is 2.93. The second kappa shape index (κ2) is 5.82. The van der Waals surface area contributed by atoms with Crippen molar-refractivity contribution in [1.82, 2.24) is 4.57 Å². The van der Waals surface area contributed by atoms with E-state index >= 15 is 0 Å². The van der Waals surface area contributed by atoms with Gasteiger partial charge in [0.05, 0.1) is 6.54 Å². The van der Waals surface area contributed by atoms with Crippen LogP contribution in [0.4, 0.5) is 5.69 Å². The Balaban J connectivity index is 2.11. The van der Waals surface area contributed by atoms with Crippen LogP contribution < -0.4 is 10.9 Å². The zero-order chi connectivity index (χ0) is 13.7. The standard InChI is InChI=1S/C15H15N3O/c1-12(10-16)17-14-7-5-13(6-8-14)11-18-9-3-2-4-15(18)19/h2-10,16-17H,1,11H2. The van der Waals surface area contributed by atoms with Gasteiger partial charge in [0.2, 0.25) is 0 Å². The molecule has 2 N–H and O–H groups in total. The first-order valence-corrected chi connectivity index (χ1v) is 5.90. The molecule has 0 aliphatic rings. The van der Waals surface area contributed by atoms with Crippen molar-refractivity contribution in [3.8, 4) is 0 Å². The minimum Gasteiger partial charge on any atom is -0.355 e. The quantitative estimate of drug-likeness (QED) is 0.804. The van der Waals surface area contributed by atoms with E-state index in [9.17, 15) is 4.79 Å². The lowest BCUT2D eigenvalue weighted by molar-refractivity contribution is 0.759. The van der Waals surface area contributed by atoms with E-state index in [-0.39, 0.29) is 5.56 Å². The molecule has 0 bridgehead atoms. The topological polar surface area (TPSA) is 57.9 Å². The van der Waals surface area contributed by atoms with E-state index in [4.69, 9.17) is 5.41 Å². The number of pyridine rings is 1. The number of allylic oxidation sites excluding steroid dienone is 1. The van der Waals surface area contributed by atoms with E-state index in [0.717, 1.165) is 17.5 Å². The third-order valence-electron chi connectivity index (χ3n) is 2.68. The molecule has 0 spiro atoms. The smallest absolute Gasteiger partial charge is 0.250 e. The molecule has 96 valence electrons. The summed E-state index contributed by atoms with van der Waals surface area (Å²) in [6, 6.07) is 12.8. The van der Waals surface area contributed by atoms with Crippen LogP contribution in [0.1, 0.15) is 5.56 Å². The summed E-state index contributed by atoms with van der Waals surface area (Å²) in [5.74, 6) is 0. The van der Waals surface area contributed by atoms with Crippen LogP contribution >= 0.6 is 0 Å². The Kier molecular flexibility index (Phi) is 3.93. The number of hydrogen-bond donors (Lipinski definition) is 2. The molecular formula is C15H15N3O. The van der Waals surface area contributed by atoms with Gasteiger partial charge in [-0.15, -0.1) is 0 Å². The van der Waals surface area contributed by atoms with Gasteiger partial charge in [-0.3, -0.25) is 4.79 Å². The molecule has 2 aromatic rings. The molecule has 0 aliphatic heterocycles. The van der Waals surface area contributed by atoms with Crippen LogP contribution in [0, 0.1) is 5.41 Å². The largest absolute Gasteiger partial charge is 0.355 e. The molecule has 4 heteroatoms. The van der Waals surface area contributed by atoms with Crippen molar-refractivity contribution in [3.63, 3.8) is 0 Å². The summed E-state index contributed by atoms with van der Waals surface area (Å²) in [6.45, 7) is 4.22. The molecule has 4 nitrogen and oxygen atoms in total. The lowest BCUT2D eigenvalue weighted by Gasteiger charge is -2.08. The highest BCUT2D eigenvalue weighted by molar-refractivity contribution is 5.79. The molecule has 0 radical (unpaired) electrons. The number of rotatable bonds is 5. The number of aromatic nitrogens is 1. The number of hydrogen-bond acceptors (Lipinski definition) is 3. The van der Waals surface area contributed by atoms with Gasteiger partial charge < -0.3 is 15.3 Å². The fourth-order valence-corrected chi connectivity index (χ4v) is 1.70. The third kappa shape index (κ3) is 3.42. The maximum atomic E-state index is 11.6. The molecule has 0 saturated heterocycles. The Morgan fingerprint density at radius 1 is 1.26 bits per heavy atom. The van der Waals surface area contributed by atoms with E-state index in [1.54, 1.807) is 22.9 Å². The molecule has 0 fully saturated rings. The fraction of sp³-hybridized carbons (Fsp3) is 0.0667. The van der Waals surface area contributed by atoms with Gasteiger partial charge in [0.25, 0.3) is 5.56 Å². The lowest BCUT2D eigenvalue weighted by atomic mass is 10.2. The maximum absolute atomic E-state index is 11.6. The van der Waals surface area contributed by atoms with Crippen LogP contribution in [0.5, 0.6) is 0 Å². The van der Waals surface area contributed by atoms with Crippen molar-refractivity contribution in [2.45, 2.75) is 6.54 Å². The Morgan fingerprint density at radius 2 is 2.00 bits per heavy atom. The van der Waals surface area contributed by atoms with Gasteiger partial charge in [-0.2, -0.15) is 0 Å². The molecular weight excluding hydrogens is 238 g/mol. The molecule has 0 unspecified atom stereocenters. The summed E-state index contributed by atoms with van der Waals surface area (Å²) in [5, 5.41) is 10.0. The summed E-state index contributed by atoms with van der Waals surface area (Å²) < 4.78 is 1.65. The van der Waals surface area contributed by atoms with Gasteiger partial charge in [0, 0.05) is 29.9 Å². The monoisotopic (exact) mass is 253 g/mol. The predicted molar refractivity (Wildman–Crippen MR) is 77.8 cm³/mol. The van der Waals surface area contributed by atoms with Crippen LogP contribution in [0.15, 0.2) is 65.7 Å². The van der Waals surface area contributed by atoms with Crippen LogP contribution in [-0.2, 0) is 6.54 Å². The van der Waals surface area contributed by atoms with Crippen molar-refractivity contribution in [2.24, 2.45) is 0 Å². The van der Waals surface area contributed by atoms with E-state index < -0.39 is 0 Å². The van der Waals surface area contributed by atoms with E-state index in [2.05, 4.69) is 11.9 Å². The van der Waals surface area contributed by atoms with Gasteiger partial charge >= 0.3 is 0 Å². The summed E-state index contributed by atoms with van der Waals surface area (Å²) >= 11 is 0. The molecule has 19 heavy (non-hydrogen) atoms. The highest BCUT2D eigenvalue weighted by Crippen LogP contribution is 2.11. The van der Waals surface area contributed by atoms with Crippen LogP contribution in [0.25, 0.3) is 0 Å². The van der Waals surface area contributed by atoms with Crippen molar-refractivity contribution >= 4 is 11.9 Å². The predicted octanol–water partition coefficient (Wildman–Crippen LogP) is 2.47. The first-order chi connectivity index (χ1) is 9.19. The van der Waals surface area contributed by atoms with Gasteiger partial charge in [0.15, 0.2) is 0 Å². The molecule has 0 aliphatic carbocycles. The van der Waals surface area contributed by atoms with Gasteiger partial charge in [-0.25, -0.2) is 0 Å². The van der Waals surface area contributed by atoms with E-state index in [1.807, 2.05) is 30.3 Å². The molecule has 1 aromatic heterocycles. The highest BCUT2D eigenvalue weighted by atomic mass is 16.1. The SMILES string of the molecule is C=C(C=N)Nc1ccc(Cn2ccccc2=O)cc1.